The first kappa shape index (κ1) is 14.6. The summed E-state index contributed by atoms with van der Waals surface area (Å²) in [5.74, 6) is -0.160. The van der Waals surface area contributed by atoms with E-state index < -0.39 is 21.4 Å². The second-order valence-corrected chi connectivity index (χ2v) is 5.80. The van der Waals surface area contributed by atoms with Crippen LogP contribution in [0.25, 0.3) is 0 Å². The summed E-state index contributed by atoms with van der Waals surface area (Å²) in [5, 5.41) is 13.9. The zero-order valence-electron chi connectivity index (χ0n) is 9.39. The minimum absolute atomic E-state index is 0.160. The van der Waals surface area contributed by atoms with E-state index in [-0.39, 0.29) is 5.92 Å². The van der Waals surface area contributed by atoms with Crippen LogP contribution in [0.2, 0.25) is 0 Å². The van der Waals surface area contributed by atoms with Gasteiger partial charge in [0.1, 0.15) is 0 Å². The van der Waals surface area contributed by atoms with Gasteiger partial charge in [-0.3, -0.25) is 0 Å². The van der Waals surface area contributed by atoms with E-state index in [9.17, 15) is 13.5 Å². The molecular weight excluding hydrogens is 214 g/mol. The summed E-state index contributed by atoms with van der Waals surface area (Å²) in [6.07, 6.45) is 2.80. The molecule has 0 fully saturated rings. The number of aliphatic hydroxyl groups excluding tert-OH is 1. The number of primary sulfonamides is 1. The Balaban J connectivity index is 4.58. The van der Waals surface area contributed by atoms with Crippen LogP contribution < -0.4 is 5.14 Å². The van der Waals surface area contributed by atoms with E-state index in [1.54, 1.807) is 13.0 Å². The van der Waals surface area contributed by atoms with Gasteiger partial charge in [-0.1, -0.05) is 13.0 Å². The molecule has 0 aliphatic rings. The van der Waals surface area contributed by atoms with Crippen molar-refractivity contribution >= 4 is 10.0 Å². The SMILES string of the molecule is C=CC[C@H](C[C@@H](O)CC)[C@H](C)S(N)(=O)=O. The zero-order chi connectivity index (χ0) is 12.1. The highest BCUT2D eigenvalue weighted by Crippen LogP contribution is 2.21. The summed E-state index contributed by atoms with van der Waals surface area (Å²) >= 11 is 0. The van der Waals surface area contributed by atoms with Crippen molar-refractivity contribution in [3.8, 4) is 0 Å². The van der Waals surface area contributed by atoms with Gasteiger partial charge in [0.25, 0.3) is 0 Å². The average molecular weight is 235 g/mol. The van der Waals surface area contributed by atoms with Crippen LogP contribution in [-0.2, 0) is 10.0 Å². The highest BCUT2D eigenvalue weighted by atomic mass is 32.2. The van der Waals surface area contributed by atoms with Crippen LogP contribution in [0.15, 0.2) is 12.7 Å². The van der Waals surface area contributed by atoms with Gasteiger partial charge in [-0.25, -0.2) is 13.6 Å². The molecule has 0 aromatic rings. The molecule has 15 heavy (non-hydrogen) atoms. The molecule has 0 aliphatic heterocycles. The quantitative estimate of drug-likeness (QED) is 0.646. The maximum atomic E-state index is 11.2. The van der Waals surface area contributed by atoms with E-state index in [4.69, 9.17) is 5.14 Å². The molecule has 0 aromatic carbocycles. The summed E-state index contributed by atoms with van der Waals surface area (Å²) in [5.41, 5.74) is 0. The van der Waals surface area contributed by atoms with Gasteiger partial charge in [-0.05, 0) is 32.1 Å². The van der Waals surface area contributed by atoms with Crippen molar-refractivity contribution in [3.05, 3.63) is 12.7 Å². The Labute approximate surface area is 92.2 Å². The van der Waals surface area contributed by atoms with Gasteiger partial charge >= 0.3 is 0 Å². The van der Waals surface area contributed by atoms with Gasteiger partial charge in [0.15, 0.2) is 0 Å². The normalized spacial score (nSPS) is 18.1. The molecule has 3 atom stereocenters. The lowest BCUT2D eigenvalue weighted by molar-refractivity contribution is 0.138. The van der Waals surface area contributed by atoms with Gasteiger partial charge < -0.3 is 5.11 Å². The molecule has 0 radical (unpaired) electrons. The summed E-state index contributed by atoms with van der Waals surface area (Å²) in [6, 6.07) is 0. The van der Waals surface area contributed by atoms with Crippen molar-refractivity contribution in [3.63, 3.8) is 0 Å². The van der Waals surface area contributed by atoms with Crippen molar-refractivity contribution in [1.29, 1.82) is 0 Å². The van der Waals surface area contributed by atoms with Gasteiger partial charge in [-0.2, -0.15) is 0 Å². The first-order valence-corrected chi connectivity index (χ1v) is 6.74. The second kappa shape index (κ2) is 6.25. The summed E-state index contributed by atoms with van der Waals surface area (Å²) < 4.78 is 22.4. The molecule has 0 unspecified atom stereocenters. The van der Waals surface area contributed by atoms with Crippen LogP contribution in [-0.4, -0.2) is 24.9 Å². The standard InChI is InChI=1S/C10H21NO3S/c1-4-6-9(7-10(12)5-2)8(3)15(11,13)14/h4,8-10,12H,1,5-7H2,2-3H3,(H2,11,13,14)/t8-,9+,10-/m0/s1. The number of rotatable bonds is 7. The third-order valence-corrected chi connectivity index (χ3v) is 4.12. The summed E-state index contributed by atoms with van der Waals surface area (Å²) in [7, 11) is -3.54. The smallest absolute Gasteiger partial charge is 0.211 e. The number of hydrogen-bond donors (Lipinski definition) is 2. The lowest BCUT2D eigenvalue weighted by Crippen LogP contribution is -2.34. The predicted octanol–water partition coefficient (Wildman–Crippen LogP) is 1.02. The van der Waals surface area contributed by atoms with Crippen molar-refractivity contribution in [2.75, 3.05) is 0 Å². The van der Waals surface area contributed by atoms with Crippen molar-refractivity contribution < 1.29 is 13.5 Å². The summed E-state index contributed by atoms with van der Waals surface area (Å²) in [4.78, 5) is 0. The molecule has 5 heteroatoms. The maximum absolute atomic E-state index is 11.2. The minimum atomic E-state index is -3.54. The van der Waals surface area contributed by atoms with Crippen LogP contribution >= 0.6 is 0 Å². The monoisotopic (exact) mass is 235 g/mol. The van der Waals surface area contributed by atoms with Gasteiger partial charge in [0.2, 0.25) is 10.0 Å². The molecule has 0 bridgehead atoms. The molecule has 0 rings (SSSR count). The highest BCUT2D eigenvalue weighted by molar-refractivity contribution is 7.89. The van der Waals surface area contributed by atoms with Crippen molar-refractivity contribution in [1.82, 2.24) is 0 Å². The Morgan fingerprint density at radius 3 is 2.40 bits per heavy atom. The average Bonchev–Trinajstić information content (AvgIpc) is 2.14. The van der Waals surface area contributed by atoms with Crippen LogP contribution in [0.5, 0.6) is 0 Å². The molecule has 0 saturated carbocycles. The highest BCUT2D eigenvalue weighted by Gasteiger charge is 2.27. The fourth-order valence-electron chi connectivity index (χ4n) is 1.48. The number of allylic oxidation sites excluding steroid dienone is 1. The lowest BCUT2D eigenvalue weighted by Gasteiger charge is -2.23. The number of sulfonamides is 1. The zero-order valence-corrected chi connectivity index (χ0v) is 10.2. The number of nitrogens with two attached hydrogens (primary N) is 1. The van der Waals surface area contributed by atoms with Gasteiger partial charge in [0.05, 0.1) is 11.4 Å². The summed E-state index contributed by atoms with van der Waals surface area (Å²) in [6.45, 7) is 7.01. The molecule has 0 heterocycles. The Kier molecular flexibility index (Phi) is 6.09. The Morgan fingerprint density at radius 1 is 1.53 bits per heavy atom. The molecular formula is C10H21NO3S. The molecule has 4 nitrogen and oxygen atoms in total. The van der Waals surface area contributed by atoms with Gasteiger partial charge in [-0.15, -0.1) is 6.58 Å². The van der Waals surface area contributed by atoms with E-state index in [1.165, 1.54) is 0 Å². The van der Waals surface area contributed by atoms with Crippen molar-refractivity contribution in [2.24, 2.45) is 11.1 Å². The van der Waals surface area contributed by atoms with Crippen LogP contribution in [0.3, 0.4) is 0 Å². The van der Waals surface area contributed by atoms with E-state index in [2.05, 4.69) is 6.58 Å². The van der Waals surface area contributed by atoms with Crippen LogP contribution in [0.1, 0.15) is 33.1 Å². The maximum Gasteiger partial charge on any atom is 0.211 e. The molecule has 0 aliphatic carbocycles. The van der Waals surface area contributed by atoms with Crippen LogP contribution in [0, 0.1) is 5.92 Å². The van der Waals surface area contributed by atoms with E-state index in [1.807, 2.05) is 6.92 Å². The van der Waals surface area contributed by atoms with Crippen molar-refractivity contribution in [2.45, 2.75) is 44.5 Å². The molecule has 3 N–H and O–H groups in total. The second-order valence-electron chi connectivity index (χ2n) is 3.88. The fraction of sp³-hybridized carbons (Fsp3) is 0.800. The number of hydrogen-bond acceptors (Lipinski definition) is 3. The molecule has 0 saturated heterocycles. The number of aliphatic hydroxyl groups is 1. The van der Waals surface area contributed by atoms with E-state index >= 15 is 0 Å². The Morgan fingerprint density at radius 2 is 2.07 bits per heavy atom. The topological polar surface area (TPSA) is 80.4 Å². The van der Waals surface area contributed by atoms with E-state index in [0.29, 0.717) is 19.3 Å². The Bertz CT molecular complexity index is 287. The largest absolute Gasteiger partial charge is 0.393 e. The third-order valence-electron chi connectivity index (χ3n) is 2.70. The molecule has 90 valence electrons. The van der Waals surface area contributed by atoms with Crippen LogP contribution in [0.4, 0.5) is 0 Å². The lowest BCUT2D eigenvalue weighted by atomic mass is 9.94. The molecule has 0 spiro atoms. The minimum Gasteiger partial charge on any atom is -0.393 e. The first-order valence-electron chi connectivity index (χ1n) is 5.13. The first-order chi connectivity index (χ1) is 6.82. The third kappa shape index (κ3) is 5.30. The van der Waals surface area contributed by atoms with E-state index in [0.717, 1.165) is 0 Å². The predicted molar refractivity (Wildman–Crippen MR) is 61.8 cm³/mol. The Hall–Kier alpha value is -0.390. The van der Waals surface area contributed by atoms with Gasteiger partial charge in [0, 0.05) is 0 Å². The molecule has 0 amide bonds. The molecule has 0 aromatic heterocycles. The fourth-order valence-corrected chi connectivity index (χ4v) is 2.24.